The fourth-order valence-electron chi connectivity index (χ4n) is 2.46. The fourth-order valence-corrected chi connectivity index (χ4v) is 4.62. The van der Waals surface area contributed by atoms with E-state index in [9.17, 15) is 0 Å². The SMILES string of the molecule is CCC(C)(C)c1ccc([I+]c2ccc(C(C)(C)CC)cc2)cc1.O=S(=O)([O-])O. The molecule has 0 bridgehead atoms. The molecule has 156 valence electrons. The van der Waals surface area contributed by atoms with Gasteiger partial charge in [0.05, 0.1) is 0 Å². The quantitative estimate of drug-likeness (QED) is 0.362. The Morgan fingerprint density at radius 2 is 1.04 bits per heavy atom. The molecule has 0 fully saturated rings. The first-order valence-electron chi connectivity index (χ1n) is 9.32. The van der Waals surface area contributed by atoms with Gasteiger partial charge >= 0.3 is 21.2 Å². The second kappa shape index (κ2) is 10.2. The zero-order valence-electron chi connectivity index (χ0n) is 17.5. The first-order valence-corrected chi connectivity index (χ1v) is 12.8. The molecule has 0 saturated carbocycles. The average molecular weight is 518 g/mol. The van der Waals surface area contributed by atoms with Gasteiger partial charge in [0.25, 0.3) is 0 Å². The molecular formula is C22H31IO4S. The van der Waals surface area contributed by atoms with Crippen LogP contribution < -0.4 is 21.2 Å². The van der Waals surface area contributed by atoms with Crippen molar-refractivity contribution in [3.05, 3.63) is 66.8 Å². The van der Waals surface area contributed by atoms with E-state index in [-0.39, 0.29) is 32.0 Å². The maximum Gasteiger partial charge on any atom is 0.357 e. The standard InChI is InChI=1S/C22H30I.H2O4S/c1-7-21(3,4)17-9-13-19(14-10-17)23-20-15-11-18(12-16-20)22(5,6)8-2;1-5(2,3)4/h9-16H,7-8H2,1-6H3;(H2,1,2,3,4)/q+1;/p-1. The summed E-state index contributed by atoms with van der Waals surface area (Å²) in [6.45, 7) is 13.8. The zero-order chi connectivity index (χ0) is 21.6. The van der Waals surface area contributed by atoms with E-state index in [0.29, 0.717) is 0 Å². The Hall–Kier alpha value is -0.960. The lowest BCUT2D eigenvalue weighted by molar-refractivity contribution is -0.597. The summed E-state index contributed by atoms with van der Waals surface area (Å²) >= 11 is -0.0793. The minimum atomic E-state index is -4.92. The zero-order valence-corrected chi connectivity index (χ0v) is 20.5. The molecule has 1 N–H and O–H groups in total. The minimum absolute atomic E-state index is 0.0793. The van der Waals surface area contributed by atoms with Gasteiger partial charge in [-0.25, -0.2) is 8.42 Å². The van der Waals surface area contributed by atoms with Gasteiger partial charge < -0.3 is 4.55 Å². The topological polar surface area (TPSA) is 77.4 Å². The third kappa shape index (κ3) is 8.59. The first-order chi connectivity index (χ1) is 12.8. The highest BCUT2D eigenvalue weighted by Gasteiger charge is 2.22. The first kappa shape index (κ1) is 25.1. The highest BCUT2D eigenvalue weighted by Crippen LogP contribution is 2.26. The second-order valence-electron chi connectivity index (χ2n) is 8.01. The van der Waals surface area contributed by atoms with Gasteiger partial charge in [-0.15, -0.1) is 0 Å². The van der Waals surface area contributed by atoms with E-state index in [1.807, 2.05) is 0 Å². The molecule has 4 nitrogen and oxygen atoms in total. The van der Waals surface area contributed by atoms with Gasteiger partial charge in [-0.1, -0.05) is 65.8 Å². The van der Waals surface area contributed by atoms with Crippen LogP contribution in [0, 0.1) is 7.14 Å². The molecule has 0 aliphatic carbocycles. The van der Waals surface area contributed by atoms with Crippen molar-refractivity contribution in [3.8, 4) is 0 Å². The third-order valence-corrected chi connectivity index (χ3v) is 7.92. The van der Waals surface area contributed by atoms with Crippen LogP contribution in [0.2, 0.25) is 0 Å². The van der Waals surface area contributed by atoms with E-state index in [2.05, 4.69) is 90.1 Å². The number of halogens is 1. The van der Waals surface area contributed by atoms with E-state index >= 15 is 0 Å². The van der Waals surface area contributed by atoms with Crippen molar-refractivity contribution < 1.29 is 38.7 Å². The summed E-state index contributed by atoms with van der Waals surface area (Å²) in [5.41, 5.74) is 3.47. The number of hydrogen-bond acceptors (Lipinski definition) is 3. The molecule has 0 heterocycles. The summed E-state index contributed by atoms with van der Waals surface area (Å²) in [6.07, 6.45) is 2.35. The number of hydrogen-bond donors (Lipinski definition) is 1. The smallest absolute Gasteiger partial charge is 0.357 e. The van der Waals surface area contributed by atoms with Crippen LogP contribution in [-0.4, -0.2) is 17.5 Å². The molecular weight excluding hydrogens is 487 g/mol. The van der Waals surface area contributed by atoms with Crippen molar-refractivity contribution in [2.24, 2.45) is 0 Å². The molecule has 0 atom stereocenters. The van der Waals surface area contributed by atoms with E-state index in [4.69, 9.17) is 17.5 Å². The van der Waals surface area contributed by atoms with Crippen molar-refractivity contribution >= 4 is 10.4 Å². The Labute approximate surface area is 180 Å². The summed E-state index contributed by atoms with van der Waals surface area (Å²) in [6, 6.07) is 18.7. The van der Waals surface area contributed by atoms with Gasteiger partial charge in [-0.2, -0.15) is 0 Å². The fraction of sp³-hybridized carbons (Fsp3) is 0.455. The Bertz CT molecular complexity index is 774. The highest BCUT2D eigenvalue weighted by molar-refractivity contribution is 7.79. The van der Waals surface area contributed by atoms with Gasteiger partial charge in [-0.3, -0.25) is 4.55 Å². The van der Waals surface area contributed by atoms with Gasteiger partial charge in [0.2, 0.25) is 10.4 Å². The predicted octanol–water partition coefficient (Wildman–Crippen LogP) is 2.19. The van der Waals surface area contributed by atoms with Crippen LogP contribution in [0.3, 0.4) is 0 Å². The van der Waals surface area contributed by atoms with Crippen molar-refractivity contribution in [1.82, 2.24) is 0 Å². The molecule has 0 aliphatic heterocycles. The molecule has 2 aromatic rings. The molecule has 0 aromatic heterocycles. The monoisotopic (exact) mass is 518 g/mol. The molecule has 0 amide bonds. The van der Waals surface area contributed by atoms with E-state index in [1.165, 1.54) is 31.1 Å². The summed E-state index contributed by atoms with van der Waals surface area (Å²) in [4.78, 5) is 0. The minimum Gasteiger partial charge on any atom is -0.726 e. The third-order valence-electron chi connectivity index (χ3n) is 5.24. The number of rotatable bonds is 6. The van der Waals surface area contributed by atoms with Crippen molar-refractivity contribution in [1.29, 1.82) is 0 Å². The van der Waals surface area contributed by atoms with Gasteiger partial charge in [0.1, 0.15) is 0 Å². The number of benzene rings is 2. The molecule has 0 aliphatic rings. The Morgan fingerprint density at radius 1 is 0.786 bits per heavy atom. The Balaban J connectivity index is 0.000000696. The van der Waals surface area contributed by atoms with Crippen LogP contribution in [0.15, 0.2) is 48.5 Å². The van der Waals surface area contributed by atoms with Crippen LogP contribution in [0.25, 0.3) is 0 Å². The molecule has 0 saturated heterocycles. The van der Waals surface area contributed by atoms with E-state index in [1.54, 1.807) is 0 Å². The summed E-state index contributed by atoms with van der Waals surface area (Å²) in [7, 11) is -4.92. The molecule has 2 aromatic carbocycles. The summed E-state index contributed by atoms with van der Waals surface area (Å²) in [5.74, 6) is 0. The van der Waals surface area contributed by atoms with Gasteiger partial charge in [0.15, 0.2) is 7.14 Å². The van der Waals surface area contributed by atoms with Gasteiger partial charge in [-0.05, 0) is 59.1 Å². The lowest BCUT2D eigenvalue weighted by atomic mass is 9.82. The van der Waals surface area contributed by atoms with Crippen LogP contribution in [-0.2, 0) is 21.2 Å². The lowest BCUT2D eigenvalue weighted by Gasteiger charge is -2.23. The molecule has 28 heavy (non-hydrogen) atoms. The van der Waals surface area contributed by atoms with Crippen molar-refractivity contribution in [2.45, 2.75) is 65.2 Å². The molecule has 6 heteroatoms. The predicted molar refractivity (Wildman–Crippen MR) is 109 cm³/mol. The Morgan fingerprint density at radius 3 is 1.25 bits per heavy atom. The van der Waals surface area contributed by atoms with Crippen molar-refractivity contribution in [2.75, 3.05) is 0 Å². The van der Waals surface area contributed by atoms with Crippen LogP contribution >= 0.6 is 0 Å². The van der Waals surface area contributed by atoms with Gasteiger partial charge in [0, 0.05) is 0 Å². The van der Waals surface area contributed by atoms with Crippen LogP contribution in [0.4, 0.5) is 0 Å². The van der Waals surface area contributed by atoms with E-state index in [0.717, 1.165) is 0 Å². The normalized spacial score (nSPS) is 12.3. The molecule has 0 radical (unpaired) electrons. The maximum atomic E-state index is 8.63. The van der Waals surface area contributed by atoms with Crippen LogP contribution in [0.1, 0.15) is 65.5 Å². The van der Waals surface area contributed by atoms with Crippen molar-refractivity contribution in [3.63, 3.8) is 0 Å². The Kier molecular flexibility index (Phi) is 9.12. The van der Waals surface area contributed by atoms with E-state index < -0.39 is 10.4 Å². The lowest BCUT2D eigenvalue weighted by Crippen LogP contribution is -3.61. The highest BCUT2D eigenvalue weighted by atomic mass is 127. The second-order valence-corrected chi connectivity index (χ2v) is 11.9. The molecule has 0 unspecified atom stereocenters. The maximum absolute atomic E-state index is 8.63. The molecule has 0 spiro atoms. The van der Waals surface area contributed by atoms with Crippen LogP contribution in [0.5, 0.6) is 0 Å². The average Bonchev–Trinajstić information content (AvgIpc) is 2.61. The largest absolute Gasteiger partial charge is 0.726 e. The summed E-state index contributed by atoms with van der Waals surface area (Å²) in [5, 5.41) is 0. The molecule has 2 rings (SSSR count). The summed E-state index contributed by atoms with van der Waals surface area (Å²) < 4.78 is 35.8.